The van der Waals surface area contributed by atoms with Crippen molar-refractivity contribution in [1.29, 1.82) is 0 Å². The molecule has 0 aliphatic carbocycles. The SMILES string of the molecule is COC(=O)c1ccc(CC(C=O)CCCC(=O)O)cc1. The molecule has 0 aliphatic heterocycles. The van der Waals surface area contributed by atoms with Gasteiger partial charge in [0.1, 0.15) is 6.29 Å². The number of carbonyl (C=O) groups excluding carboxylic acids is 2. The molecule has 1 unspecified atom stereocenters. The van der Waals surface area contributed by atoms with E-state index in [9.17, 15) is 14.4 Å². The Morgan fingerprint density at radius 3 is 2.45 bits per heavy atom. The number of methoxy groups -OCH3 is 1. The first-order valence-corrected chi connectivity index (χ1v) is 6.41. The molecule has 108 valence electrons. The van der Waals surface area contributed by atoms with Crippen molar-refractivity contribution in [2.24, 2.45) is 5.92 Å². The molecule has 1 N–H and O–H groups in total. The van der Waals surface area contributed by atoms with E-state index in [-0.39, 0.29) is 12.3 Å². The smallest absolute Gasteiger partial charge is 0.337 e. The van der Waals surface area contributed by atoms with E-state index in [1.165, 1.54) is 7.11 Å². The van der Waals surface area contributed by atoms with Crippen molar-refractivity contribution >= 4 is 18.2 Å². The normalized spacial score (nSPS) is 11.7. The lowest BCUT2D eigenvalue weighted by atomic mass is 9.95. The van der Waals surface area contributed by atoms with Gasteiger partial charge in [-0.15, -0.1) is 0 Å². The van der Waals surface area contributed by atoms with Crippen LogP contribution in [-0.4, -0.2) is 30.4 Å². The molecule has 0 saturated carbocycles. The highest BCUT2D eigenvalue weighted by molar-refractivity contribution is 5.89. The highest BCUT2D eigenvalue weighted by Crippen LogP contribution is 2.15. The Labute approximate surface area is 117 Å². The van der Waals surface area contributed by atoms with Gasteiger partial charge in [-0.25, -0.2) is 4.79 Å². The van der Waals surface area contributed by atoms with Gasteiger partial charge in [0.2, 0.25) is 0 Å². The van der Waals surface area contributed by atoms with Crippen LogP contribution in [0.5, 0.6) is 0 Å². The van der Waals surface area contributed by atoms with Crippen LogP contribution >= 0.6 is 0 Å². The number of ether oxygens (including phenoxy) is 1. The van der Waals surface area contributed by atoms with Crippen LogP contribution in [0.4, 0.5) is 0 Å². The van der Waals surface area contributed by atoms with Crippen molar-refractivity contribution in [2.45, 2.75) is 25.7 Å². The van der Waals surface area contributed by atoms with Gasteiger partial charge in [-0.1, -0.05) is 12.1 Å². The topological polar surface area (TPSA) is 80.7 Å². The molecule has 0 aromatic heterocycles. The Bertz CT molecular complexity index is 464. The maximum absolute atomic E-state index is 11.3. The van der Waals surface area contributed by atoms with Crippen molar-refractivity contribution in [3.8, 4) is 0 Å². The van der Waals surface area contributed by atoms with E-state index in [0.29, 0.717) is 24.8 Å². The standard InChI is InChI=1S/C15H18O5/c1-20-15(19)13-7-5-11(6-8-13)9-12(10-16)3-2-4-14(17)18/h5-8,10,12H,2-4,9H2,1H3,(H,17,18). The van der Waals surface area contributed by atoms with E-state index in [1.54, 1.807) is 24.3 Å². The predicted molar refractivity (Wildman–Crippen MR) is 72.5 cm³/mol. The monoisotopic (exact) mass is 278 g/mol. The quantitative estimate of drug-likeness (QED) is 0.581. The van der Waals surface area contributed by atoms with E-state index in [4.69, 9.17) is 5.11 Å². The second-order valence-electron chi connectivity index (χ2n) is 4.57. The number of hydrogen-bond acceptors (Lipinski definition) is 4. The molecule has 0 spiro atoms. The maximum atomic E-state index is 11.3. The fourth-order valence-electron chi connectivity index (χ4n) is 1.93. The van der Waals surface area contributed by atoms with Crippen molar-refractivity contribution in [3.05, 3.63) is 35.4 Å². The van der Waals surface area contributed by atoms with Crippen LogP contribution < -0.4 is 0 Å². The van der Waals surface area contributed by atoms with E-state index >= 15 is 0 Å². The molecule has 1 rings (SSSR count). The van der Waals surface area contributed by atoms with Crippen LogP contribution in [0.25, 0.3) is 0 Å². The van der Waals surface area contributed by atoms with Crippen LogP contribution in [0.15, 0.2) is 24.3 Å². The number of benzene rings is 1. The number of aliphatic carboxylic acids is 1. The summed E-state index contributed by atoms with van der Waals surface area (Å²) in [6.45, 7) is 0. The van der Waals surface area contributed by atoms with Gasteiger partial charge in [-0.2, -0.15) is 0 Å². The fourth-order valence-corrected chi connectivity index (χ4v) is 1.93. The highest BCUT2D eigenvalue weighted by atomic mass is 16.5. The van der Waals surface area contributed by atoms with E-state index in [2.05, 4.69) is 4.74 Å². The van der Waals surface area contributed by atoms with Crippen molar-refractivity contribution in [2.75, 3.05) is 7.11 Å². The largest absolute Gasteiger partial charge is 0.481 e. The van der Waals surface area contributed by atoms with Gasteiger partial charge in [0.25, 0.3) is 0 Å². The third kappa shape index (κ3) is 5.22. The molecule has 0 amide bonds. The second-order valence-corrected chi connectivity index (χ2v) is 4.57. The summed E-state index contributed by atoms with van der Waals surface area (Å²) in [6, 6.07) is 6.86. The van der Waals surface area contributed by atoms with Crippen molar-refractivity contribution < 1.29 is 24.2 Å². The van der Waals surface area contributed by atoms with Crippen LogP contribution in [0.1, 0.15) is 35.2 Å². The molecule has 1 atom stereocenters. The Hall–Kier alpha value is -2.17. The molecular weight excluding hydrogens is 260 g/mol. The summed E-state index contributed by atoms with van der Waals surface area (Å²) in [5, 5.41) is 8.56. The molecule has 20 heavy (non-hydrogen) atoms. The Morgan fingerprint density at radius 2 is 1.95 bits per heavy atom. The lowest BCUT2D eigenvalue weighted by molar-refractivity contribution is -0.137. The fraction of sp³-hybridized carbons (Fsp3) is 0.400. The number of esters is 1. The van der Waals surface area contributed by atoms with E-state index < -0.39 is 11.9 Å². The summed E-state index contributed by atoms with van der Waals surface area (Å²) < 4.78 is 4.60. The summed E-state index contributed by atoms with van der Waals surface area (Å²) >= 11 is 0. The van der Waals surface area contributed by atoms with Gasteiger partial charge in [0, 0.05) is 12.3 Å². The zero-order valence-electron chi connectivity index (χ0n) is 11.4. The zero-order valence-corrected chi connectivity index (χ0v) is 11.4. The van der Waals surface area contributed by atoms with Crippen LogP contribution in [0.2, 0.25) is 0 Å². The van der Waals surface area contributed by atoms with Crippen LogP contribution in [0.3, 0.4) is 0 Å². The molecule has 0 radical (unpaired) electrons. The van der Waals surface area contributed by atoms with Gasteiger partial charge >= 0.3 is 11.9 Å². The molecule has 0 bridgehead atoms. The predicted octanol–water partition coefficient (Wildman–Crippen LogP) is 2.09. The van der Waals surface area contributed by atoms with Crippen molar-refractivity contribution in [3.63, 3.8) is 0 Å². The summed E-state index contributed by atoms with van der Waals surface area (Å²) in [5.74, 6) is -1.44. The lowest BCUT2D eigenvalue weighted by Gasteiger charge is -2.10. The summed E-state index contributed by atoms with van der Waals surface area (Å²) in [4.78, 5) is 32.7. The van der Waals surface area contributed by atoms with Gasteiger partial charge in [-0.05, 0) is 37.0 Å². The summed E-state index contributed by atoms with van der Waals surface area (Å²) in [5.41, 5.74) is 1.40. The molecule has 5 nitrogen and oxygen atoms in total. The molecule has 0 fully saturated rings. The average molecular weight is 278 g/mol. The number of carbonyl (C=O) groups is 3. The Morgan fingerprint density at radius 1 is 1.30 bits per heavy atom. The van der Waals surface area contributed by atoms with E-state index in [1.807, 2.05) is 0 Å². The van der Waals surface area contributed by atoms with E-state index in [0.717, 1.165) is 11.8 Å². The number of hydrogen-bond donors (Lipinski definition) is 1. The third-order valence-electron chi connectivity index (χ3n) is 3.03. The molecule has 0 saturated heterocycles. The number of rotatable bonds is 8. The number of carboxylic acid groups (broad SMARTS) is 1. The first-order chi connectivity index (χ1) is 9.56. The number of aldehydes is 1. The molecule has 0 heterocycles. The van der Waals surface area contributed by atoms with Gasteiger partial charge in [0.05, 0.1) is 12.7 Å². The summed E-state index contributed by atoms with van der Waals surface area (Å²) in [7, 11) is 1.32. The summed E-state index contributed by atoms with van der Waals surface area (Å²) in [6.07, 6.45) is 2.51. The molecule has 5 heteroatoms. The third-order valence-corrected chi connectivity index (χ3v) is 3.03. The minimum atomic E-state index is -0.850. The highest BCUT2D eigenvalue weighted by Gasteiger charge is 2.11. The minimum Gasteiger partial charge on any atom is -0.481 e. The second kappa shape index (κ2) is 8.09. The molecule has 0 aliphatic rings. The number of carboxylic acids is 1. The van der Waals surface area contributed by atoms with Gasteiger partial charge in [-0.3, -0.25) is 4.79 Å². The maximum Gasteiger partial charge on any atom is 0.337 e. The van der Waals surface area contributed by atoms with Crippen LogP contribution in [-0.2, 0) is 20.7 Å². The molecule has 1 aromatic rings. The Balaban J connectivity index is 2.54. The zero-order chi connectivity index (χ0) is 15.0. The van der Waals surface area contributed by atoms with Gasteiger partial charge < -0.3 is 14.6 Å². The molecule has 1 aromatic carbocycles. The van der Waals surface area contributed by atoms with Gasteiger partial charge in [0.15, 0.2) is 0 Å². The minimum absolute atomic E-state index is 0.0750. The van der Waals surface area contributed by atoms with Crippen molar-refractivity contribution in [1.82, 2.24) is 0 Å². The lowest BCUT2D eigenvalue weighted by Crippen LogP contribution is -2.08. The molecular formula is C15H18O5. The first kappa shape index (κ1) is 15.9. The first-order valence-electron chi connectivity index (χ1n) is 6.41. The van der Waals surface area contributed by atoms with Crippen LogP contribution in [0, 0.1) is 5.92 Å². The average Bonchev–Trinajstić information content (AvgIpc) is 2.45. The Kier molecular flexibility index (Phi) is 6.43.